The Labute approximate surface area is 148 Å². The van der Waals surface area contributed by atoms with Crippen LogP contribution in [0.15, 0.2) is 42.7 Å². The van der Waals surface area contributed by atoms with Crippen LogP contribution in [0.2, 0.25) is 0 Å². The van der Waals surface area contributed by atoms with Gasteiger partial charge in [-0.05, 0) is 56.6 Å². The maximum absolute atomic E-state index is 13.1. The molecule has 3 heterocycles. The summed E-state index contributed by atoms with van der Waals surface area (Å²) in [5, 5.41) is 4.40. The molecule has 5 nitrogen and oxygen atoms in total. The highest BCUT2D eigenvalue weighted by Crippen LogP contribution is 2.41. The molecule has 1 atom stereocenters. The summed E-state index contributed by atoms with van der Waals surface area (Å²) in [6, 6.07) is 5.70. The molecule has 25 heavy (non-hydrogen) atoms. The van der Waals surface area contributed by atoms with Crippen LogP contribution in [0.4, 0.5) is 0 Å². The zero-order valence-corrected chi connectivity index (χ0v) is 14.7. The third-order valence-corrected chi connectivity index (χ3v) is 5.61. The van der Waals surface area contributed by atoms with Gasteiger partial charge in [0.15, 0.2) is 5.82 Å². The van der Waals surface area contributed by atoms with Crippen molar-refractivity contribution in [3.63, 3.8) is 0 Å². The van der Waals surface area contributed by atoms with E-state index < -0.39 is 0 Å². The van der Waals surface area contributed by atoms with Gasteiger partial charge < -0.3 is 4.90 Å². The number of pyridine rings is 1. The summed E-state index contributed by atoms with van der Waals surface area (Å²) in [4.78, 5) is 19.5. The van der Waals surface area contributed by atoms with E-state index in [-0.39, 0.29) is 11.3 Å². The minimum atomic E-state index is 0.105. The molecule has 1 fully saturated rings. The summed E-state index contributed by atoms with van der Waals surface area (Å²) >= 11 is 0. The number of carbonyl (C=O) groups excluding carboxylic acids is 1. The van der Waals surface area contributed by atoms with E-state index in [2.05, 4.69) is 22.2 Å². The molecule has 130 valence electrons. The fourth-order valence-electron chi connectivity index (χ4n) is 4.19. The normalized spacial score (nSPS) is 23.2. The van der Waals surface area contributed by atoms with Crippen LogP contribution in [0, 0.1) is 12.3 Å². The van der Waals surface area contributed by atoms with Crippen molar-refractivity contribution in [1.82, 2.24) is 19.7 Å². The fraction of sp³-hybridized carbons (Fsp3) is 0.450. The maximum Gasteiger partial charge on any atom is 0.257 e. The molecule has 1 aliphatic heterocycles. The van der Waals surface area contributed by atoms with Crippen molar-refractivity contribution in [2.24, 2.45) is 5.41 Å². The minimum Gasteiger partial charge on any atom is -0.338 e. The van der Waals surface area contributed by atoms with Crippen LogP contribution in [0.1, 0.15) is 48.2 Å². The first-order valence-corrected chi connectivity index (χ1v) is 9.09. The van der Waals surface area contributed by atoms with Gasteiger partial charge in [-0.1, -0.05) is 18.2 Å². The van der Waals surface area contributed by atoms with Gasteiger partial charge in [-0.3, -0.25) is 4.79 Å². The SMILES string of the molecule is Cc1c(C(=O)N2CCC[C@@]3(CC=CCC3)C2)cnn1-c1ccccn1. The lowest BCUT2D eigenvalue weighted by molar-refractivity contribution is 0.0483. The highest BCUT2D eigenvalue weighted by Gasteiger charge is 2.37. The number of rotatable bonds is 2. The van der Waals surface area contributed by atoms with E-state index in [9.17, 15) is 4.79 Å². The fourth-order valence-corrected chi connectivity index (χ4v) is 4.19. The van der Waals surface area contributed by atoms with Crippen molar-refractivity contribution in [3.05, 3.63) is 54.0 Å². The van der Waals surface area contributed by atoms with Gasteiger partial charge >= 0.3 is 0 Å². The van der Waals surface area contributed by atoms with Crippen LogP contribution in [-0.2, 0) is 0 Å². The average molecular weight is 336 g/mol. The number of allylic oxidation sites excluding steroid dienone is 2. The lowest BCUT2D eigenvalue weighted by atomic mass is 9.71. The highest BCUT2D eigenvalue weighted by molar-refractivity contribution is 5.95. The van der Waals surface area contributed by atoms with Gasteiger partial charge in [0.2, 0.25) is 0 Å². The number of hydrogen-bond acceptors (Lipinski definition) is 3. The first-order chi connectivity index (χ1) is 12.2. The molecule has 2 aromatic rings. The maximum atomic E-state index is 13.1. The molecule has 1 amide bonds. The summed E-state index contributed by atoms with van der Waals surface area (Å²) in [6.45, 7) is 3.65. The van der Waals surface area contributed by atoms with E-state index >= 15 is 0 Å². The van der Waals surface area contributed by atoms with Crippen LogP contribution in [0.3, 0.4) is 0 Å². The predicted octanol–water partition coefficient (Wildman–Crippen LogP) is 3.54. The molecule has 1 spiro atoms. The lowest BCUT2D eigenvalue weighted by Gasteiger charge is -2.43. The van der Waals surface area contributed by atoms with E-state index in [1.54, 1.807) is 17.1 Å². The molecule has 0 unspecified atom stereocenters. The van der Waals surface area contributed by atoms with Gasteiger partial charge in [0, 0.05) is 19.3 Å². The molecule has 5 heteroatoms. The average Bonchev–Trinajstić information content (AvgIpc) is 3.04. The van der Waals surface area contributed by atoms with Gasteiger partial charge in [-0.15, -0.1) is 0 Å². The molecular formula is C20H24N4O. The summed E-state index contributed by atoms with van der Waals surface area (Å²) in [5.74, 6) is 0.847. The molecule has 2 aromatic heterocycles. The summed E-state index contributed by atoms with van der Waals surface area (Å²) < 4.78 is 1.75. The Kier molecular flexibility index (Phi) is 4.15. The summed E-state index contributed by atoms with van der Waals surface area (Å²) in [5.41, 5.74) is 1.83. The second kappa shape index (κ2) is 6.47. The van der Waals surface area contributed by atoms with Crippen LogP contribution in [-0.4, -0.2) is 38.7 Å². The topological polar surface area (TPSA) is 51.0 Å². The number of carbonyl (C=O) groups is 1. The van der Waals surface area contributed by atoms with Gasteiger partial charge in [-0.2, -0.15) is 5.10 Å². The molecular weight excluding hydrogens is 312 g/mol. The Morgan fingerprint density at radius 1 is 1.24 bits per heavy atom. The van der Waals surface area contributed by atoms with E-state index in [0.29, 0.717) is 5.56 Å². The molecule has 2 aliphatic rings. The molecule has 4 rings (SSSR count). The monoisotopic (exact) mass is 336 g/mol. The Hall–Kier alpha value is -2.43. The van der Waals surface area contributed by atoms with Crippen LogP contribution >= 0.6 is 0 Å². The second-order valence-corrected chi connectivity index (χ2v) is 7.29. The Morgan fingerprint density at radius 2 is 2.16 bits per heavy atom. The molecule has 0 radical (unpaired) electrons. The van der Waals surface area contributed by atoms with Crippen molar-refractivity contribution in [3.8, 4) is 5.82 Å². The van der Waals surface area contributed by atoms with Crippen molar-refractivity contribution < 1.29 is 4.79 Å². The highest BCUT2D eigenvalue weighted by atomic mass is 16.2. The first-order valence-electron chi connectivity index (χ1n) is 9.09. The Balaban J connectivity index is 1.57. The van der Waals surface area contributed by atoms with E-state index in [0.717, 1.165) is 43.9 Å². The van der Waals surface area contributed by atoms with Crippen LogP contribution in [0.25, 0.3) is 5.82 Å². The van der Waals surface area contributed by atoms with Gasteiger partial charge in [-0.25, -0.2) is 9.67 Å². The number of hydrogen-bond donors (Lipinski definition) is 0. The quantitative estimate of drug-likeness (QED) is 0.788. The first kappa shape index (κ1) is 16.1. The molecule has 0 N–H and O–H groups in total. The third kappa shape index (κ3) is 2.99. The number of nitrogens with zero attached hydrogens (tertiary/aromatic N) is 4. The van der Waals surface area contributed by atoms with Crippen molar-refractivity contribution in [1.29, 1.82) is 0 Å². The zero-order chi connectivity index (χ0) is 17.3. The van der Waals surface area contributed by atoms with Crippen LogP contribution < -0.4 is 0 Å². The molecule has 0 aromatic carbocycles. The Morgan fingerprint density at radius 3 is 2.92 bits per heavy atom. The van der Waals surface area contributed by atoms with E-state index in [4.69, 9.17) is 0 Å². The number of likely N-dealkylation sites (tertiary alicyclic amines) is 1. The van der Waals surface area contributed by atoms with Crippen molar-refractivity contribution >= 4 is 5.91 Å². The van der Waals surface area contributed by atoms with Gasteiger partial charge in [0.25, 0.3) is 5.91 Å². The number of piperidine rings is 1. The van der Waals surface area contributed by atoms with E-state index in [1.807, 2.05) is 30.0 Å². The molecule has 1 aliphatic carbocycles. The summed E-state index contributed by atoms with van der Waals surface area (Å²) in [7, 11) is 0. The largest absolute Gasteiger partial charge is 0.338 e. The van der Waals surface area contributed by atoms with Gasteiger partial charge in [0.1, 0.15) is 0 Å². The third-order valence-electron chi connectivity index (χ3n) is 5.61. The molecule has 0 bridgehead atoms. The van der Waals surface area contributed by atoms with E-state index in [1.165, 1.54) is 12.8 Å². The second-order valence-electron chi connectivity index (χ2n) is 7.29. The molecule has 1 saturated heterocycles. The zero-order valence-electron chi connectivity index (χ0n) is 14.7. The predicted molar refractivity (Wildman–Crippen MR) is 96.7 cm³/mol. The number of amides is 1. The van der Waals surface area contributed by atoms with Crippen molar-refractivity contribution in [2.45, 2.75) is 39.0 Å². The van der Waals surface area contributed by atoms with Gasteiger partial charge in [0.05, 0.1) is 17.5 Å². The standard InChI is InChI=1S/C20H24N4O/c1-16-17(14-22-24(16)18-8-3-6-12-21-18)19(25)23-13-7-11-20(15-23)9-4-2-5-10-20/h2-4,6,8,12,14H,5,7,9-11,13,15H2,1H3/t20-/m0/s1. The number of aromatic nitrogens is 3. The van der Waals surface area contributed by atoms with Crippen molar-refractivity contribution in [2.75, 3.05) is 13.1 Å². The summed E-state index contributed by atoms with van der Waals surface area (Å²) in [6.07, 6.45) is 13.7. The Bertz CT molecular complexity index is 795. The minimum absolute atomic E-state index is 0.105. The smallest absolute Gasteiger partial charge is 0.257 e. The lowest BCUT2D eigenvalue weighted by Crippen LogP contribution is -2.46. The molecule has 0 saturated carbocycles. The van der Waals surface area contributed by atoms with Crippen LogP contribution in [0.5, 0.6) is 0 Å².